The molecule has 0 radical (unpaired) electrons. The number of piperazine rings is 1. The lowest BCUT2D eigenvalue weighted by molar-refractivity contribution is -0.138. The minimum absolute atomic E-state index is 0.00990. The van der Waals surface area contributed by atoms with Gasteiger partial charge in [-0.1, -0.05) is 12.1 Å². The topological polar surface area (TPSA) is 60.9 Å². The molecule has 3 rings (SSSR count). The highest BCUT2D eigenvalue weighted by atomic mass is 19.1. The second-order valence-corrected chi connectivity index (χ2v) is 6.11. The Balaban J connectivity index is 1.71. The van der Waals surface area contributed by atoms with Gasteiger partial charge in [0.05, 0.1) is 5.69 Å². The molecule has 0 N–H and O–H groups in total. The number of benzene rings is 1. The van der Waals surface area contributed by atoms with Gasteiger partial charge in [0.2, 0.25) is 17.7 Å². The molecule has 24 heavy (non-hydrogen) atoms. The zero-order valence-electron chi connectivity index (χ0n) is 13.6. The van der Waals surface area contributed by atoms with Gasteiger partial charge in [0.25, 0.3) is 0 Å². The Labute approximate surface area is 139 Å². The molecule has 0 bridgehead atoms. The van der Waals surface area contributed by atoms with E-state index in [-0.39, 0.29) is 36.4 Å². The fourth-order valence-electron chi connectivity index (χ4n) is 3.24. The summed E-state index contributed by atoms with van der Waals surface area (Å²) in [4.78, 5) is 40.6. The minimum atomic E-state index is -0.477. The lowest BCUT2D eigenvalue weighted by atomic mass is 10.0. The van der Waals surface area contributed by atoms with Crippen LogP contribution in [0.1, 0.15) is 18.9 Å². The van der Waals surface area contributed by atoms with Gasteiger partial charge in [-0.2, -0.15) is 0 Å². The molecule has 1 aromatic carbocycles. The standard InChI is InChI=1S/C17H20FN3O3/c1-12(22)19-7-9-20(10-8-19)16(24)11-21-15(23)6-5-13-3-2-4-14(18)17(13)21/h2-4H,5-11H2,1H3. The van der Waals surface area contributed by atoms with E-state index >= 15 is 0 Å². The van der Waals surface area contributed by atoms with E-state index in [0.717, 1.165) is 5.56 Å². The van der Waals surface area contributed by atoms with E-state index in [4.69, 9.17) is 0 Å². The number of carbonyl (C=O) groups excluding carboxylic acids is 3. The predicted octanol–water partition coefficient (Wildman–Crippen LogP) is 0.796. The molecule has 0 aliphatic carbocycles. The van der Waals surface area contributed by atoms with Crippen molar-refractivity contribution in [3.63, 3.8) is 0 Å². The van der Waals surface area contributed by atoms with Crippen LogP contribution in [-0.2, 0) is 20.8 Å². The van der Waals surface area contributed by atoms with Crippen LogP contribution in [0, 0.1) is 5.82 Å². The predicted molar refractivity (Wildman–Crippen MR) is 85.9 cm³/mol. The van der Waals surface area contributed by atoms with E-state index in [0.29, 0.717) is 32.6 Å². The average molecular weight is 333 g/mol. The molecular weight excluding hydrogens is 313 g/mol. The molecule has 1 saturated heterocycles. The number of fused-ring (bicyclic) bond motifs is 1. The molecule has 0 spiro atoms. The Bertz CT molecular complexity index is 684. The van der Waals surface area contributed by atoms with Gasteiger partial charge in [0.15, 0.2) is 0 Å². The first kappa shape index (κ1) is 16.4. The van der Waals surface area contributed by atoms with Crippen molar-refractivity contribution >= 4 is 23.4 Å². The molecule has 7 heteroatoms. The number of para-hydroxylation sites is 1. The Morgan fingerprint density at radius 3 is 2.42 bits per heavy atom. The molecule has 2 heterocycles. The average Bonchev–Trinajstić information content (AvgIpc) is 2.57. The number of rotatable bonds is 2. The van der Waals surface area contributed by atoms with Gasteiger partial charge in [-0.25, -0.2) is 4.39 Å². The number of carbonyl (C=O) groups is 3. The number of hydrogen-bond acceptors (Lipinski definition) is 3. The maximum Gasteiger partial charge on any atom is 0.242 e. The van der Waals surface area contributed by atoms with E-state index in [1.807, 2.05) is 0 Å². The molecule has 2 aliphatic heterocycles. The Morgan fingerprint density at radius 1 is 1.08 bits per heavy atom. The molecule has 0 aromatic heterocycles. The highest BCUT2D eigenvalue weighted by Crippen LogP contribution is 2.30. The molecule has 2 aliphatic rings. The second-order valence-electron chi connectivity index (χ2n) is 6.11. The Hall–Kier alpha value is -2.44. The van der Waals surface area contributed by atoms with Crippen LogP contribution in [0.3, 0.4) is 0 Å². The van der Waals surface area contributed by atoms with Crippen LogP contribution < -0.4 is 4.90 Å². The van der Waals surface area contributed by atoms with E-state index < -0.39 is 5.82 Å². The van der Waals surface area contributed by atoms with Crippen molar-refractivity contribution in [1.82, 2.24) is 9.80 Å². The largest absolute Gasteiger partial charge is 0.339 e. The summed E-state index contributed by atoms with van der Waals surface area (Å²) in [6, 6.07) is 4.71. The van der Waals surface area contributed by atoms with Crippen molar-refractivity contribution in [3.8, 4) is 0 Å². The van der Waals surface area contributed by atoms with Crippen molar-refractivity contribution in [3.05, 3.63) is 29.6 Å². The number of aryl methyl sites for hydroxylation is 1. The summed E-state index contributed by atoms with van der Waals surface area (Å²) in [5.41, 5.74) is 0.980. The van der Waals surface area contributed by atoms with E-state index in [1.165, 1.54) is 17.9 Å². The molecule has 3 amide bonds. The van der Waals surface area contributed by atoms with Crippen LogP contribution in [-0.4, -0.2) is 60.2 Å². The van der Waals surface area contributed by atoms with E-state index in [1.54, 1.807) is 21.9 Å². The zero-order valence-corrected chi connectivity index (χ0v) is 13.6. The van der Waals surface area contributed by atoms with Crippen LogP contribution in [0.4, 0.5) is 10.1 Å². The third-order valence-electron chi connectivity index (χ3n) is 4.62. The van der Waals surface area contributed by atoms with Crippen LogP contribution in [0.25, 0.3) is 0 Å². The summed E-state index contributed by atoms with van der Waals surface area (Å²) in [6.07, 6.45) is 0.774. The fraction of sp³-hybridized carbons (Fsp3) is 0.471. The third-order valence-corrected chi connectivity index (χ3v) is 4.62. The number of halogens is 1. The van der Waals surface area contributed by atoms with Crippen molar-refractivity contribution in [1.29, 1.82) is 0 Å². The Kier molecular flexibility index (Phi) is 4.51. The minimum Gasteiger partial charge on any atom is -0.339 e. The molecule has 0 saturated carbocycles. The lowest BCUT2D eigenvalue weighted by Crippen LogP contribution is -2.53. The van der Waals surface area contributed by atoms with Gasteiger partial charge < -0.3 is 9.80 Å². The SMILES string of the molecule is CC(=O)N1CCN(C(=O)CN2C(=O)CCc3cccc(F)c32)CC1. The van der Waals surface area contributed by atoms with Crippen molar-refractivity contribution in [2.45, 2.75) is 19.8 Å². The van der Waals surface area contributed by atoms with Crippen LogP contribution >= 0.6 is 0 Å². The normalized spacial score (nSPS) is 17.8. The number of nitrogens with zero attached hydrogens (tertiary/aromatic N) is 3. The zero-order chi connectivity index (χ0) is 17.3. The smallest absolute Gasteiger partial charge is 0.242 e. The van der Waals surface area contributed by atoms with Crippen molar-refractivity contribution < 1.29 is 18.8 Å². The number of amides is 3. The van der Waals surface area contributed by atoms with Gasteiger partial charge in [0, 0.05) is 39.5 Å². The monoisotopic (exact) mass is 333 g/mol. The maximum atomic E-state index is 14.2. The van der Waals surface area contributed by atoms with Crippen LogP contribution in [0.15, 0.2) is 18.2 Å². The fourth-order valence-corrected chi connectivity index (χ4v) is 3.24. The molecule has 1 aromatic rings. The first-order valence-corrected chi connectivity index (χ1v) is 8.08. The highest BCUT2D eigenvalue weighted by Gasteiger charge is 2.31. The summed E-state index contributed by atoms with van der Waals surface area (Å²) in [5.74, 6) is -0.940. The van der Waals surface area contributed by atoms with Gasteiger partial charge in [-0.15, -0.1) is 0 Å². The van der Waals surface area contributed by atoms with E-state index in [2.05, 4.69) is 0 Å². The molecule has 128 valence electrons. The molecule has 0 atom stereocenters. The summed E-state index contributed by atoms with van der Waals surface area (Å²) >= 11 is 0. The summed E-state index contributed by atoms with van der Waals surface area (Å²) < 4.78 is 14.2. The molecule has 1 fully saturated rings. The maximum absolute atomic E-state index is 14.2. The quantitative estimate of drug-likeness (QED) is 0.804. The summed E-state index contributed by atoms with van der Waals surface area (Å²) in [5, 5.41) is 0. The van der Waals surface area contributed by atoms with E-state index in [9.17, 15) is 18.8 Å². The number of hydrogen-bond donors (Lipinski definition) is 0. The highest BCUT2D eigenvalue weighted by molar-refractivity contribution is 6.01. The lowest BCUT2D eigenvalue weighted by Gasteiger charge is -2.36. The molecular formula is C17H20FN3O3. The third kappa shape index (κ3) is 3.11. The van der Waals surface area contributed by atoms with Gasteiger partial charge in [0.1, 0.15) is 12.4 Å². The van der Waals surface area contributed by atoms with Gasteiger partial charge >= 0.3 is 0 Å². The Morgan fingerprint density at radius 2 is 1.75 bits per heavy atom. The first-order chi connectivity index (χ1) is 11.5. The van der Waals surface area contributed by atoms with Gasteiger partial charge in [-0.05, 0) is 18.1 Å². The second kappa shape index (κ2) is 6.59. The summed E-state index contributed by atoms with van der Waals surface area (Å²) in [7, 11) is 0. The molecule has 0 unspecified atom stereocenters. The first-order valence-electron chi connectivity index (χ1n) is 8.08. The van der Waals surface area contributed by atoms with Crippen LogP contribution in [0.2, 0.25) is 0 Å². The molecule has 6 nitrogen and oxygen atoms in total. The van der Waals surface area contributed by atoms with Crippen molar-refractivity contribution in [2.75, 3.05) is 37.6 Å². The summed E-state index contributed by atoms with van der Waals surface area (Å²) in [6.45, 7) is 3.19. The van der Waals surface area contributed by atoms with Gasteiger partial charge in [-0.3, -0.25) is 19.3 Å². The van der Waals surface area contributed by atoms with Crippen LogP contribution in [0.5, 0.6) is 0 Å². The number of anilines is 1. The van der Waals surface area contributed by atoms with Crippen molar-refractivity contribution in [2.24, 2.45) is 0 Å².